The maximum atomic E-state index is 10.1. The molecule has 3 nitrogen and oxygen atoms in total. The van der Waals surface area contributed by atoms with E-state index in [4.69, 9.17) is 0 Å². The van der Waals surface area contributed by atoms with Gasteiger partial charge in [0, 0.05) is 6.20 Å². The van der Waals surface area contributed by atoms with Crippen LogP contribution in [0.2, 0.25) is 0 Å². The number of nitrogens with zero attached hydrogens (tertiary/aromatic N) is 2. The van der Waals surface area contributed by atoms with Crippen LogP contribution in [0.3, 0.4) is 0 Å². The van der Waals surface area contributed by atoms with Crippen molar-refractivity contribution in [3.05, 3.63) is 18.2 Å². The van der Waals surface area contributed by atoms with Crippen LogP contribution >= 0.6 is 22.6 Å². The van der Waals surface area contributed by atoms with E-state index in [9.17, 15) is 4.79 Å². The molecule has 0 saturated heterocycles. The molecule has 0 radical (unpaired) electrons. The molecule has 0 spiro atoms. The van der Waals surface area contributed by atoms with E-state index in [1.807, 2.05) is 4.57 Å². The Bertz CT molecular complexity index is 208. The molecule has 9 heavy (non-hydrogen) atoms. The van der Waals surface area contributed by atoms with Gasteiger partial charge in [-0.3, -0.25) is 4.79 Å². The Hall–Kier alpha value is -0.390. The number of hydrogen-bond donors (Lipinski definition) is 0. The zero-order chi connectivity index (χ0) is 6.69. The van der Waals surface area contributed by atoms with Crippen LogP contribution in [-0.2, 0) is 4.55 Å². The molecule has 1 aromatic heterocycles. The SMILES string of the molecule is O=Cc1cn(CI)cn1. The van der Waals surface area contributed by atoms with Crippen molar-refractivity contribution in [1.29, 1.82) is 0 Å². The first-order chi connectivity index (χ1) is 4.36. The van der Waals surface area contributed by atoms with Gasteiger partial charge in [-0.25, -0.2) is 4.98 Å². The van der Waals surface area contributed by atoms with E-state index >= 15 is 0 Å². The van der Waals surface area contributed by atoms with Crippen molar-refractivity contribution in [3.8, 4) is 0 Å². The molecule has 1 rings (SSSR count). The number of hydrogen-bond acceptors (Lipinski definition) is 2. The second kappa shape index (κ2) is 2.95. The van der Waals surface area contributed by atoms with Crippen LogP contribution in [0, 0.1) is 0 Å². The predicted octanol–water partition coefficient (Wildman–Crippen LogP) is 1.09. The molecule has 0 unspecified atom stereocenters. The van der Waals surface area contributed by atoms with Gasteiger partial charge < -0.3 is 4.57 Å². The van der Waals surface area contributed by atoms with Crippen LogP contribution in [0.4, 0.5) is 0 Å². The summed E-state index contributed by atoms with van der Waals surface area (Å²) in [6.07, 6.45) is 4.08. The zero-order valence-corrected chi connectivity index (χ0v) is 6.78. The summed E-state index contributed by atoms with van der Waals surface area (Å²) in [6, 6.07) is 0. The van der Waals surface area contributed by atoms with Gasteiger partial charge in [0.1, 0.15) is 5.69 Å². The quantitative estimate of drug-likeness (QED) is 0.437. The second-order valence-corrected chi connectivity index (χ2v) is 2.23. The highest BCUT2D eigenvalue weighted by Gasteiger charge is 1.92. The van der Waals surface area contributed by atoms with Crippen LogP contribution in [0.5, 0.6) is 0 Å². The monoisotopic (exact) mass is 236 g/mol. The van der Waals surface area contributed by atoms with Crippen molar-refractivity contribution in [1.82, 2.24) is 9.55 Å². The van der Waals surface area contributed by atoms with Gasteiger partial charge in [-0.05, 0) is 0 Å². The average Bonchev–Trinajstić information content (AvgIpc) is 2.34. The Balaban J connectivity index is 2.86. The number of carbonyl (C=O) groups excluding carboxylic acids is 1. The molecule has 0 aliphatic carbocycles. The molecular formula is C5H5IN2O. The third-order valence-corrected chi connectivity index (χ3v) is 1.70. The average molecular weight is 236 g/mol. The first-order valence-corrected chi connectivity index (χ1v) is 3.92. The maximum absolute atomic E-state index is 10.1. The van der Waals surface area contributed by atoms with Crippen molar-refractivity contribution >= 4 is 28.9 Å². The van der Waals surface area contributed by atoms with E-state index in [1.165, 1.54) is 0 Å². The van der Waals surface area contributed by atoms with Crippen molar-refractivity contribution in [3.63, 3.8) is 0 Å². The minimum atomic E-state index is 0.492. The van der Waals surface area contributed by atoms with Gasteiger partial charge >= 0.3 is 0 Å². The lowest BCUT2D eigenvalue weighted by Crippen LogP contribution is -1.83. The third kappa shape index (κ3) is 1.51. The van der Waals surface area contributed by atoms with Gasteiger partial charge in [0.25, 0.3) is 0 Å². The number of aldehydes is 1. The standard InChI is InChI=1S/C5H5IN2O/c6-3-8-1-5(2-9)7-4-8/h1-2,4H,3H2. The smallest absolute Gasteiger partial charge is 0.169 e. The summed E-state index contributed by atoms with van der Waals surface area (Å²) in [5, 5.41) is 0. The van der Waals surface area contributed by atoms with Gasteiger partial charge in [0.2, 0.25) is 0 Å². The molecular weight excluding hydrogens is 231 g/mol. The molecule has 1 heterocycles. The number of rotatable bonds is 2. The molecule has 4 heteroatoms. The summed E-state index contributed by atoms with van der Waals surface area (Å²) >= 11 is 2.19. The van der Waals surface area contributed by atoms with Crippen LogP contribution in [0.25, 0.3) is 0 Å². The lowest BCUT2D eigenvalue weighted by molar-refractivity contribution is 0.111. The van der Waals surface area contributed by atoms with E-state index in [1.54, 1.807) is 12.5 Å². The normalized spacial score (nSPS) is 9.44. The zero-order valence-electron chi connectivity index (χ0n) is 4.62. The highest BCUT2D eigenvalue weighted by Crippen LogP contribution is 1.95. The third-order valence-electron chi connectivity index (χ3n) is 0.912. The van der Waals surface area contributed by atoms with Crippen LogP contribution in [0.1, 0.15) is 10.5 Å². The molecule has 0 amide bonds. The summed E-state index contributed by atoms with van der Waals surface area (Å²) < 4.78 is 2.67. The van der Waals surface area contributed by atoms with E-state index < -0.39 is 0 Å². The number of imidazole rings is 1. The topological polar surface area (TPSA) is 34.9 Å². The fourth-order valence-corrected chi connectivity index (χ4v) is 0.877. The summed E-state index contributed by atoms with van der Waals surface area (Å²) in [4.78, 5) is 13.9. The van der Waals surface area contributed by atoms with Crippen molar-refractivity contribution in [2.45, 2.75) is 4.55 Å². The molecule has 48 valence electrons. The Morgan fingerprint density at radius 1 is 1.89 bits per heavy atom. The van der Waals surface area contributed by atoms with Gasteiger partial charge in [-0.2, -0.15) is 0 Å². The molecule has 0 atom stereocenters. The van der Waals surface area contributed by atoms with Crippen molar-refractivity contribution in [2.75, 3.05) is 0 Å². The van der Waals surface area contributed by atoms with Gasteiger partial charge in [0.15, 0.2) is 6.29 Å². The Labute approximate surface area is 66.2 Å². The molecule has 0 saturated carbocycles. The molecule has 0 N–H and O–H groups in total. The Morgan fingerprint density at radius 3 is 3.00 bits per heavy atom. The van der Waals surface area contributed by atoms with Crippen LogP contribution in [0.15, 0.2) is 12.5 Å². The number of alkyl halides is 1. The molecule has 0 aliphatic rings. The summed E-state index contributed by atoms with van der Waals surface area (Å²) in [5.41, 5.74) is 0.492. The van der Waals surface area contributed by atoms with Crippen LogP contribution in [-0.4, -0.2) is 15.8 Å². The van der Waals surface area contributed by atoms with Gasteiger partial charge in [0.05, 0.1) is 10.9 Å². The minimum absolute atomic E-state index is 0.492. The summed E-state index contributed by atoms with van der Waals surface area (Å²) in [5.74, 6) is 0. The Kier molecular flexibility index (Phi) is 2.21. The number of carbonyl (C=O) groups is 1. The molecule has 1 aromatic rings. The van der Waals surface area contributed by atoms with E-state index in [-0.39, 0.29) is 0 Å². The number of aromatic nitrogens is 2. The predicted molar refractivity (Wildman–Crippen MR) is 41.6 cm³/mol. The number of halogens is 1. The first kappa shape index (κ1) is 6.73. The minimum Gasteiger partial charge on any atom is -0.327 e. The second-order valence-electron chi connectivity index (χ2n) is 1.55. The largest absolute Gasteiger partial charge is 0.327 e. The first-order valence-electron chi connectivity index (χ1n) is 2.39. The lowest BCUT2D eigenvalue weighted by atomic mass is 10.5. The fraction of sp³-hybridized carbons (Fsp3) is 0.200. The van der Waals surface area contributed by atoms with Gasteiger partial charge in [-0.1, -0.05) is 22.6 Å². The lowest BCUT2D eigenvalue weighted by Gasteiger charge is -1.86. The highest BCUT2D eigenvalue weighted by atomic mass is 127. The van der Waals surface area contributed by atoms with Crippen molar-refractivity contribution < 1.29 is 4.79 Å². The fourth-order valence-electron chi connectivity index (χ4n) is 0.504. The van der Waals surface area contributed by atoms with E-state index in [0.717, 1.165) is 10.8 Å². The molecule has 0 aliphatic heterocycles. The summed E-state index contributed by atoms with van der Waals surface area (Å²) in [6.45, 7) is 0. The van der Waals surface area contributed by atoms with Gasteiger partial charge in [-0.15, -0.1) is 0 Å². The Morgan fingerprint density at radius 2 is 2.67 bits per heavy atom. The van der Waals surface area contributed by atoms with E-state index in [0.29, 0.717) is 5.69 Å². The van der Waals surface area contributed by atoms with E-state index in [2.05, 4.69) is 27.6 Å². The molecule has 0 bridgehead atoms. The van der Waals surface area contributed by atoms with Crippen LogP contribution < -0.4 is 0 Å². The van der Waals surface area contributed by atoms with Crippen molar-refractivity contribution in [2.24, 2.45) is 0 Å². The molecule has 0 aromatic carbocycles. The molecule has 0 fully saturated rings. The summed E-state index contributed by atoms with van der Waals surface area (Å²) in [7, 11) is 0. The maximum Gasteiger partial charge on any atom is 0.169 e. The highest BCUT2D eigenvalue weighted by molar-refractivity contribution is 14.1.